The van der Waals surface area contributed by atoms with Crippen LogP contribution in [-0.4, -0.2) is 35.3 Å². The van der Waals surface area contributed by atoms with Gasteiger partial charge in [-0.15, -0.1) is 11.3 Å². The topological polar surface area (TPSA) is 90.5 Å². The van der Waals surface area contributed by atoms with Crippen molar-refractivity contribution in [2.45, 2.75) is 45.3 Å². The van der Waals surface area contributed by atoms with Crippen molar-refractivity contribution < 1.29 is 0 Å². The van der Waals surface area contributed by atoms with Gasteiger partial charge in [0.1, 0.15) is 5.82 Å². The van der Waals surface area contributed by atoms with Gasteiger partial charge in [0.05, 0.1) is 34.7 Å². The number of fused-ring (bicyclic) bond motifs is 1. The summed E-state index contributed by atoms with van der Waals surface area (Å²) in [6.07, 6.45) is 5.53. The van der Waals surface area contributed by atoms with Crippen LogP contribution < -0.4 is 11.0 Å². The molecule has 136 valence electrons. The first-order valence-corrected chi connectivity index (χ1v) is 9.66. The molecular weight excluding hydrogens is 374 g/mol. The predicted octanol–water partition coefficient (Wildman–Crippen LogP) is 2.12. The van der Waals surface area contributed by atoms with Gasteiger partial charge in [-0.2, -0.15) is 5.10 Å². The molecule has 0 aliphatic carbocycles. The normalized spacial score (nSPS) is 16.9. The highest BCUT2D eigenvalue weighted by atomic mass is 35.5. The lowest BCUT2D eigenvalue weighted by Gasteiger charge is -2.15. The van der Waals surface area contributed by atoms with E-state index in [0.29, 0.717) is 24.1 Å². The first kappa shape index (κ1) is 17.2. The Balaban J connectivity index is 1.45. The third-order valence-electron chi connectivity index (χ3n) is 4.35. The molecule has 0 saturated carbocycles. The number of anilines is 1. The molecule has 8 nitrogen and oxygen atoms in total. The Kier molecular flexibility index (Phi) is 4.73. The number of nitrogens with one attached hydrogen (secondary N) is 1. The predicted molar refractivity (Wildman–Crippen MR) is 99.8 cm³/mol. The molecule has 4 rings (SSSR count). The fourth-order valence-electron chi connectivity index (χ4n) is 3.08. The molecule has 0 fully saturated rings. The van der Waals surface area contributed by atoms with Gasteiger partial charge in [0.2, 0.25) is 5.95 Å². The van der Waals surface area contributed by atoms with E-state index in [2.05, 4.69) is 25.4 Å². The highest BCUT2D eigenvalue weighted by Crippen LogP contribution is 2.16. The van der Waals surface area contributed by atoms with Crippen molar-refractivity contribution in [2.24, 2.45) is 0 Å². The highest BCUT2D eigenvalue weighted by molar-refractivity contribution is 7.09. The second kappa shape index (κ2) is 7.16. The lowest BCUT2D eigenvalue weighted by Crippen LogP contribution is -2.27. The van der Waals surface area contributed by atoms with E-state index < -0.39 is 0 Å². The van der Waals surface area contributed by atoms with E-state index in [0.717, 1.165) is 35.8 Å². The van der Waals surface area contributed by atoms with Crippen LogP contribution >= 0.6 is 22.9 Å². The molecule has 0 radical (unpaired) electrons. The Morgan fingerprint density at radius 2 is 2.15 bits per heavy atom. The molecule has 1 N–H and O–H groups in total. The van der Waals surface area contributed by atoms with Crippen molar-refractivity contribution in [2.75, 3.05) is 5.32 Å². The van der Waals surface area contributed by atoms with E-state index in [1.54, 1.807) is 28.3 Å². The second-order valence-electron chi connectivity index (χ2n) is 6.26. The van der Waals surface area contributed by atoms with Crippen LogP contribution in [0, 0.1) is 6.92 Å². The molecule has 3 aromatic rings. The largest absolute Gasteiger partial charge is 0.351 e. The summed E-state index contributed by atoms with van der Waals surface area (Å²) in [6, 6.07) is 0.187. The van der Waals surface area contributed by atoms with Crippen LogP contribution in [0.15, 0.2) is 22.6 Å². The van der Waals surface area contributed by atoms with E-state index in [1.807, 2.05) is 12.3 Å². The molecule has 1 aliphatic rings. The quantitative estimate of drug-likeness (QED) is 0.732. The van der Waals surface area contributed by atoms with Crippen molar-refractivity contribution in [3.63, 3.8) is 0 Å². The van der Waals surface area contributed by atoms with Gasteiger partial charge in [-0.25, -0.2) is 24.4 Å². The van der Waals surface area contributed by atoms with Gasteiger partial charge in [0, 0.05) is 24.4 Å². The van der Waals surface area contributed by atoms with Crippen LogP contribution in [0.25, 0.3) is 0 Å². The van der Waals surface area contributed by atoms with Crippen molar-refractivity contribution in [1.82, 2.24) is 29.3 Å². The van der Waals surface area contributed by atoms with Crippen molar-refractivity contribution in [1.29, 1.82) is 0 Å². The number of nitrogens with zero attached hydrogens (tertiary/aromatic N) is 6. The second-order valence-corrected chi connectivity index (χ2v) is 7.76. The molecule has 0 bridgehead atoms. The maximum Gasteiger partial charge on any atom is 0.346 e. The standard InChI is InChI=1S/C16H18ClN7OS/c1-10-20-13(9-26-10)8-24-16(25)23-5-4-12(2-3-14(23)22-24)21-15-18-6-11(17)7-19-15/h6-7,9,12H,2-5,8H2,1H3,(H,18,19,21). The Morgan fingerprint density at radius 3 is 2.88 bits per heavy atom. The SMILES string of the molecule is Cc1nc(Cn2nc3n(c2=O)CCC(Nc2ncc(Cl)cn2)CC3)cs1. The van der Waals surface area contributed by atoms with E-state index in [4.69, 9.17) is 11.6 Å². The molecule has 3 aromatic heterocycles. The van der Waals surface area contributed by atoms with Crippen LogP contribution in [0.3, 0.4) is 0 Å². The third-order valence-corrected chi connectivity index (χ3v) is 5.37. The van der Waals surface area contributed by atoms with E-state index in [1.165, 1.54) is 4.68 Å². The molecule has 10 heteroatoms. The Labute approximate surface area is 158 Å². The van der Waals surface area contributed by atoms with Gasteiger partial charge in [-0.3, -0.25) is 4.57 Å². The number of aryl methyl sites for hydroxylation is 2. The smallest absolute Gasteiger partial charge is 0.346 e. The molecule has 26 heavy (non-hydrogen) atoms. The maximum atomic E-state index is 12.7. The van der Waals surface area contributed by atoms with Crippen LogP contribution in [-0.2, 0) is 19.5 Å². The number of rotatable bonds is 4. The summed E-state index contributed by atoms with van der Waals surface area (Å²) >= 11 is 7.39. The number of thiazole rings is 1. The summed E-state index contributed by atoms with van der Waals surface area (Å²) in [4.78, 5) is 25.4. The van der Waals surface area contributed by atoms with Gasteiger partial charge in [0.15, 0.2) is 0 Å². The number of halogens is 1. The highest BCUT2D eigenvalue weighted by Gasteiger charge is 2.21. The van der Waals surface area contributed by atoms with Gasteiger partial charge < -0.3 is 5.32 Å². The van der Waals surface area contributed by atoms with E-state index in [9.17, 15) is 4.79 Å². The fourth-order valence-corrected chi connectivity index (χ4v) is 3.78. The zero-order valence-corrected chi connectivity index (χ0v) is 15.8. The molecule has 1 aliphatic heterocycles. The molecule has 0 saturated heterocycles. The lowest BCUT2D eigenvalue weighted by molar-refractivity contribution is 0.549. The number of hydrogen-bond donors (Lipinski definition) is 1. The van der Waals surface area contributed by atoms with Crippen molar-refractivity contribution in [3.8, 4) is 0 Å². The Hall–Kier alpha value is -2.26. The molecule has 1 unspecified atom stereocenters. The minimum absolute atomic E-state index is 0.0750. The van der Waals surface area contributed by atoms with Gasteiger partial charge in [0.25, 0.3) is 0 Å². The van der Waals surface area contributed by atoms with Crippen LogP contribution in [0.4, 0.5) is 5.95 Å². The summed E-state index contributed by atoms with van der Waals surface area (Å²) in [7, 11) is 0. The zero-order valence-electron chi connectivity index (χ0n) is 14.2. The van der Waals surface area contributed by atoms with Gasteiger partial charge in [-0.1, -0.05) is 11.6 Å². The Bertz CT molecular complexity index is 962. The van der Waals surface area contributed by atoms with Crippen LogP contribution in [0.5, 0.6) is 0 Å². The van der Waals surface area contributed by atoms with E-state index in [-0.39, 0.29) is 11.7 Å². The summed E-state index contributed by atoms with van der Waals surface area (Å²) < 4.78 is 3.28. The number of aromatic nitrogens is 6. The van der Waals surface area contributed by atoms with Crippen molar-refractivity contribution in [3.05, 3.63) is 49.8 Å². The zero-order chi connectivity index (χ0) is 18.1. The third kappa shape index (κ3) is 3.63. The molecule has 1 atom stereocenters. The summed E-state index contributed by atoms with van der Waals surface area (Å²) in [5, 5.41) is 11.3. The summed E-state index contributed by atoms with van der Waals surface area (Å²) in [5.41, 5.74) is 0.802. The average molecular weight is 392 g/mol. The minimum Gasteiger partial charge on any atom is -0.351 e. The fraction of sp³-hybridized carbons (Fsp3) is 0.438. The molecule has 0 spiro atoms. The van der Waals surface area contributed by atoms with Crippen LogP contribution in [0.1, 0.15) is 29.4 Å². The minimum atomic E-state index is -0.0750. The monoisotopic (exact) mass is 391 g/mol. The first-order valence-electron chi connectivity index (χ1n) is 8.40. The van der Waals surface area contributed by atoms with Crippen molar-refractivity contribution >= 4 is 28.9 Å². The maximum absolute atomic E-state index is 12.7. The van der Waals surface area contributed by atoms with E-state index >= 15 is 0 Å². The number of hydrogen-bond acceptors (Lipinski definition) is 7. The summed E-state index contributed by atoms with van der Waals surface area (Å²) in [5.74, 6) is 1.37. The summed E-state index contributed by atoms with van der Waals surface area (Å²) in [6.45, 7) is 3.00. The molecule has 0 aromatic carbocycles. The first-order chi connectivity index (χ1) is 12.6. The van der Waals surface area contributed by atoms with Gasteiger partial charge in [-0.05, 0) is 19.8 Å². The molecule has 0 amide bonds. The van der Waals surface area contributed by atoms with Gasteiger partial charge >= 0.3 is 5.69 Å². The molecule has 4 heterocycles. The lowest BCUT2D eigenvalue weighted by atomic mass is 10.1. The average Bonchev–Trinajstić information content (AvgIpc) is 3.09. The molecular formula is C16H18ClN7OS. The van der Waals surface area contributed by atoms with Crippen LogP contribution in [0.2, 0.25) is 5.02 Å². The Morgan fingerprint density at radius 1 is 1.35 bits per heavy atom.